The Labute approximate surface area is 160 Å². The zero-order valence-electron chi connectivity index (χ0n) is 16.2. The Bertz CT molecular complexity index is 798. The molecular formula is C21H29N3O3. The van der Waals surface area contributed by atoms with Crippen LogP contribution in [0.2, 0.25) is 0 Å². The molecule has 1 N–H and O–H groups in total. The van der Waals surface area contributed by atoms with Gasteiger partial charge in [-0.1, -0.05) is 0 Å². The molecule has 0 amide bonds. The number of aliphatic hydroxyl groups is 1. The number of pyridine rings is 1. The fraction of sp³-hybridized carbons (Fsp3) is 0.571. The normalized spacial score (nSPS) is 23.5. The Hall–Kier alpha value is -1.89. The van der Waals surface area contributed by atoms with Crippen molar-refractivity contribution in [1.82, 2.24) is 14.8 Å². The van der Waals surface area contributed by atoms with Crippen molar-refractivity contribution in [3.63, 3.8) is 0 Å². The van der Waals surface area contributed by atoms with Crippen LogP contribution in [-0.4, -0.2) is 72.4 Å². The number of aromatic nitrogens is 1. The number of nitrogens with zero attached hydrogens (tertiary/aromatic N) is 3. The first-order chi connectivity index (χ1) is 13.2. The zero-order valence-corrected chi connectivity index (χ0v) is 16.2. The highest BCUT2D eigenvalue weighted by molar-refractivity contribution is 5.81. The van der Waals surface area contributed by atoms with Crippen LogP contribution in [0.15, 0.2) is 24.3 Å². The van der Waals surface area contributed by atoms with Gasteiger partial charge in [0.25, 0.3) is 0 Å². The molecule has 2 saturated heterocycles. The van der Waals surface area contributed by atoms with Crippen molar-refractivity contribution in [1.29, 1.82) is 0 Å². The van der Waals surface area contributed by atoms with Gasteiger partial charge in [0.1, 0.15) is 5.75 Å². The molecular weight excluding hydrogens is 342 g/mol. The molecule has 2 aromatic rings. The lowest BCUT2D eigenvalue weighted by atomic mass is 10.0. The first kappa shape index (κ1) is 18.5. The first-order valence-corrected chi connectivity index (χ1v) is 9.82. The van der Waals surface area contributed by atoms with Crippen molar-refractivity contribution in [2.45, 2.75) is 37.9 Å². The van der Waals surface area contributed by atoms with Gasteiger partial charge in [-0.2, -0.15) is 0 Å². The second-order valence-electron chi connectivity index (χ2n) is 7.60. The lowest BCUT2D eigenvalue weighted by Gasteiger charge is -2.43. The van der Waals surface area contributed by atoms with E-state index < -0.39 is 0 Å². The van der Waals surface area contributed by atoms with Gasteiger partial charge in [-0.15, -0.1) is 0 Å². The van der Waals surface area contributed by atoms with Crippen molar-refractivity contribution < 1.29 is 14.6 Å². The van der Waals surface area contributed by atoms with E-state index in [4.69, 9.17) is 14.5 Å². The minimum Gasteiger partial charge on any atom is -0.497 e. The number of hydrogen-bond donors (Lipinski definition) is 1. The fourth-order valence-electron chi connectivity index (χ4n) is 4.57. The van der Waals surface area contributed by atoms with Gasteiger partial charge in [0.2, 0.25) is 5.88 Å². The number of benzene rings is 1. The van der Waals surface area contributed by atoms with Crippen molar-refractivity contribution in [2.75, 3.05) is 40.5 Å². The largest absolute Gasteiger partial charge is 0.497 e. The Kier molecular flexibility index (Phi) is 5.48. The standard InChI is InChI=1S/C21H29N3O3/c1-26-19-6-5-15-10-16(21(27-2)22-20(15)11-19)12-24-14-17-4-3-8-23(17)13-18(24)7-9-25/h5-6,10-11,17-18,25H,3-4,7-9,12-14H2,1-2H3/t17-,18+/m1/s1. The summed E-state index contributed by atoms with van der Waals surface area (Å²) in [5, 5.41) is 10.6. The van der Waals surface area contributed by atoms with E-state index in [0.29, 0.717) is 18.0 Å². The molecule has 0 unspecified atom stereocenters. The number of methoxy groups -OCH3 is 2. The Morgan fingerprint density at radius 3 is 2.85 bits per heavy atom. The van der Waals surface area contributed by atoms with Gasteiger partial charge in [0.15, 0.2) is 0 Å². The summed E-state index contributed by atoms with van der Waals surface area (Å²) in [5.74, 6) is 1.47. The topological polar surface area (TPSA) is 58.1 Å². The van der Waals surface area contributed by atoms with E-state index >= 15 is 0 Å². The molecule has 0 spiro atoms. The second kappa shape index (κ2) is 8.00. The highest BCUT2D eigenvalue weighted by Gasteiger charge is 2.36. The molecule has 6 heteroatoms. The molecule has 4 rings (SSSR count). The van der Waals surface area contributed by atoms with Crippen LogP contribution in [0.1, 0.15) is 24.8 Å². The van der Waals surface area contributed by atoms with E-state index in [-0.39, 0.29) is 6.61 Å². The fourth-order valence-corrected chi connectivity index (χ4v) is 4.57. The minimum atomic E-state index is 0.229. The molecule has 27 heavy (non-hydrogen) atoms. The van der Waals surface area contributed by atoms with Crippen molar-refractivity contribution in [2.24, 2.45) is 0 Å². The molecule has 2 aliphatic heterocycles. The predicted molar refractivity (Wildman–Crippen MR) is 105 cm³/mol. The molecule has 1 aromatic carbocycles. The summed E-state index contributed by atoms with van der Waals surface area (Å²) in [6.07, 6.45) is 3.37. The monoisotopic (exact) mass is 371 g/mol. The van der Waals surface area contributed by atoms with Crippen LogP contribution in [0, 0.1) is 0 Å². The van der Waals surface area contributed by atoms with Crippen molar-refractivity contribution in [3.05, 3.63) is 29.8 Å². The maximum Gasteiger partial charge on any atom is 0.218 e. The lowest BCUT2D eigenvalue weighted by Crippen LogP contribution is -2.55. The van der Waals surface area contributed by atoms with Gasteiger partial charge < -0.3 is 14.6 Å². The summed E-state index contributed by atoms with van der Waals surface area (Å²) in [6, 6.07) is 9.14. The number of rotatable bonds is 6. The van der Waals surface area contributed by atoms with Crippen LogP contribution in [0.5, 0.6) is 11.6 Å². The Morgan fingerprint density at radius 1 is 1.19 bits per heavy atom. The van der Waals surface area contributed by atoms with E-state index in [1.165, 1.54) is 19.4 Å². The number of fused-ring (bicyclic) bond motifs is 2. The third kappa shape index (κ3) is 3.74. The summed E-state index contributed by atoms with van der Waals surface area (Å²) < 4.78 is 10.9. The number of aliphatic hydroxyl groups excluding tert-OH is 1. The van der Waals surface area contributed by atoms with Crippen LogP contribution in [0.4, 0.5) is 0 Å². The molecule has 0 radical (unpaired) electrons. The van der Waals surface area contributed by atoms with Gasteiger partial charge in [-0.05, 0) is 44.0 Å². The molecule has 1 aromatic heterocycles. The average Bonchev–Trinajstić information content (AvgIpc) is 3.14. The summed E-state index contributed by atoms with van der Waals surface area (Å²) in [7, 11) is 3.34. The summed E-state index contributed by atoms with van der Waals surface area (Å²) in [4.78, 5) is 9.82. The molecule has 0 aliphatic carbocycles. The quantitative estimate of drug-likeness (QED) is 0.841. The van der Waals surface area contributed by atoms with E-state index in [1.54, 1.807) is 14.2 Å². The molecule has 2 aliphatic rings. The molecule has 0 saturated carbocycles. The third-order valence-corrected chi connectivity index (χ3v) is 6.00. The zero-order chi connectivity index (χ0) is 18.8. The second-order valence-corrected chi connectivity index (χ2v) is 7.60. The van der Waals surface area contributed by atoms with E-state index in [1.807, 2.05) is 18.2 Å². The van der Waals surface area contributed by atoms with Gasteiger partial charge in [0.05, 0.1) is 19.7 Å². The average molecular weight is 371 g/mol. The predicted octanol–water partition coefficient (Wildman–Crippen LogP) is 2.28. The molecule has 0 bridgehead atoms. The molecule has 6 nitrogen and oxygen atoms in total. The summed E-state index contributed by atoms with van der Waals surface area (Å²) in [5.41, 5.74) is 1.98. The highest BCUT2D eigenvalue weighted by Crippen LogP contribution is 2.30. The van der Waals surface area contributed by atoms with Gasteiger partial charge in [-0.25, -0.2) is 4.98 Å². The SMILES string of the molecule is COc1ccc2cc(CN3C[C@H]4CCCN4C[C@@H]3CCO)c(OC)nc2c1. The van der Waals surface area contributed by atoms with Crippen LogP contribution < -0.4 is 9.47 Å². The van der Waals surface area contributed by atoms with E-state index in [0.717, 1.165) is 48.3 Å². The van der Waals surface area contributed by atoms with Crippen LogP contribution in [-0.2, 0) is 6.54 Å². The Morgan fingerprint density at radius 2 is 2.07 bits per heavy atom. The molecule has 2 fully saturated rings. The summed E-state index contributed by atoms with van der Waals surface area (Å²) in [6.45, 7) is 4.32. The summed E-state index contributed by atoms with van der Waals surface area (Å²) >= 11 is 0. The van der Waals surface area contributed by atoms with Gasteiger partial charge in [-0.3, -0.25) is 9.80 Å². The lowest BCUT2D eigenvalue weighted by molar-refractivity contribution is 0.0328. The maximum atomic E-state index is 9.54. The first-order valence-electron chi connectivity index (χ1n) is 9.82. The minimum absolute atomic E-state index is 0.229. The number of hydrogen-bond acceptors (Lipinski definition) is 6. The third-order valence-electron chi connectivity index (χ3n) is 6.00. The molecule has 3 heterocycles. The van der Waals surface area contributed by atoms with E-state index in [9.17, 15) is 5.11 Å². The van der Waals surface area contributed by atoms with Gasteiger partial charge >= 0.3 is 0 Å². The van der Waals surface area contributed by atoms with Crippen LogP contribution >= 0.6 is 0 Å². The van der Waals surface area contributed by atoms with Crippen molar-refractivity contribution in [3.8, 4) is 11.6 Å². The molecule has 146 valence electrons. The smallest absolute Gasteiger partial charge is 0.218 e. The van der Waals surface area contributed by atoms with Crippen LogP contribution in [0.3, 0.4) is 0 Å². The van der Waals surface area contributed by atoms with E-state index in [2.05, 4.69) is 15.9 Å². The van der Waals surface area contributed by atoms with Crippen LogP contribution in [0.25, 0.3) is 10.9 Å². The highest BCUT2D eigenvalue weighted by atomic mass is 16.5. The number of ether oxygens (including phenoxy) is 2. The number of piperazine rings is 1. The maximum absolute atomic E-state index is 9.54. The Balaban J connectivity index is 1.62. The van der Waals surface area contributed by atoms with Crippen molar-refractivity contribution >= 4 is 10.9 Å². The molecule has 2 atom stereocenters. The van der Waals surface area contributed by atoms with Gasteiger partial charge in [0, 0.05) is 55.3 Å².